The number of nitrogens with one attached hydrogen (secondary N) is 1. The lowest BCUT2D eigenvalue weighted by atomic mass is 9.83. The Morgan fingerprint density at radius 3 is 2.71 bits per heavy atom. The molecule has 0 aliphatic heterocycles. The summed E-state index contributed by atoms with van der Waals surface area (Å²) >= 11 is 3.30. The van der Waals surface area contributed by atoms with Crippen molar-refractivity contribution in [1.82, 2.24) is 5.32 Å². The fourth-order valence-electron chi connectivity index (χ4n) is 3.28. The van der Waals surface area contributed by atoms with Gasteiger partial charge in [-0.1, -0.05) is 42.1 Å². The summed E-state index contributed by atoms with van der Waals surface area (Å²) in [5.41, 5.74) is 0.952. The van der Waals surface area contributed by atoms with E-state index >= 15 is 0 Å². The Kier molecular flexibility index (Phi) is 6.18. The second-order valence-electron chi connectivity index (χ2n) is 5.82. The molecule has 116 valence electrons. The van der Waals surface area contributed by atoms with Crippen molar-refractivity contribution in [3.05, 3.63) is 38.3 Å². The minimum Gasteiger partial charge on any atom is -0.309 e. The lowest BCUT2D eigenvalue weighted by molar-refractivity contribution is -0.385. The molecule has 0 bridgehead atoms. The number of rotatable bonds is 6. The lowest BCUT2D eigenvalue weighted by Gasteiger charge is -2.30. The molecule has 2 rings (SSSR count). The normalized spacial score (nSPS) is 17.6. The van der Waals surface area contributed by atoms with Crippen LogP contribution < -0.4 is 5.32 Å². The van der Waals surface area contributed by atoms with Gasteiger partial charge in [0.2, 0.25) is 0 Å². The molecular weight excluding hydrogens is 332 g/mol. The maximum absolute atomic E-state index is 11.1. The summed E-state index contributed by atoms with van der Waals surface area (Å²) in [6, 6.07) is 5.75. The van der Waals surface area contributed by atoms with E-state index in [4.69, 9.17) is 0 Å². The molecule has 1 atom stereocenters. The second kappa shape index (κ2) is 7.90. The Labute approximate surface area is 134 Å². The van der Waals surface area contributed by atoms with Gasteiger partial charge in [0.1, 0.15) is 0 Å². The first kappa shape index (κ1) is 16.4. The van der Waals surface area contributed by atoms with Crippen LogP contribution in [0, 0.1) is 16.0 Å². The standard InChI is InChI=1S/C16H23BrN2O2/c1-2-15(12-6-4-3-5-7-12)18-11-13-8-9-14(17)10-16(13)19(20)21/h8-10,12,15,18H,2-7,11H2,1H3. The third-order valence-electron chi connectivity index (χ3n) is 4.46. The predicted molar refractivity (Wildman–Crippen MR) is 88.3 cm³/mol. The molecule has 0 amide bonds. The van der Waals surface area contributed by atoms with Crippen LogP contribution in [0.5, 0.6) is 0 Å². The lowest BCUT2D eigenvalue weighted by Crippen LogP contribution is -2.36. The van der Waals surface area contributed by atoms with Gasteiger partial charge in [-0.15, -0.1) is 0 Å². The predicted octanol–water partition coefficient (Wildman–Crippen LogP) is 4.81. The molecule has 1 N–H and O–H groups in total. The molecule has 0 heterocycles. The van der Waals surface area contributed by atoms with Gasteiger partial charge in [-0.3, -0.25) is 10.1 Å². The first-order chi connectivity index (χ1) is 10.1. The van der Waals surface area contributed by atoms with Crippen molar-refractivity contribution in [2.75, 3.05) is 0 Å². The molecular formula is C16H23BrN2O2. The van der Waals surface area contributed by atoms with Gasteiger partial charge in [-0.25, -0.2) is 0 Å². The van der Waals surface area contributed by atoms with E-state index in [0.29, 0.717) is 12.6 Å². The average molecular weight is 355 g/mol. The Hall–Kier alpha value is -0.940. The quantitative estimate of drug-likeness (QED) is 0.589. The van der Waals surface area contributed by atoms with Gasteiger partial charge in [0.15, 0.2) is 0 Å². The maximum atomic E-state index is 11.1. The highest BCUT2D eigenvalue weighted by Gasteiger charge is 2.23. The summed E-state index contributed by atoms with van der Waals surface area (Å²) in [6.45, 7) is 2.76. The zero-order chi connectivity index (χ0) is 15.2. The van der Waals surface area contributed by atoms with E-state index in [1.807, 2.05) is 12.1 Å². The molecule has 4 nitrogen and oxygen atoms in total. The van der Waals surface area contributed by atoms with Crippen LogP contribution in [-0.2, 0) is 6.54 Å². The van der Waals surface area contributed by atoms with Gasteiger partial charge in [-0.05, 0) is 37.3 Å². The number of hydrogen-bond donors (Lipinski definition) is 1. The van der Waals surface area contributed by atoms with Crippen LogP contribution in [0.1, 0.15) is 51.0 Å². The molecule has 0 spiro atoms. The van der Waals surface area contributed by atoms with Crippen LogP contribution in [0.25, 0.3) is 0 Å². The van der Waals surface area contributed by atoms with Crippen molar-refractivity contribution in [1.29, 1.82) is 0 Å². The Morgan fingerprint density at radius 1 is 1.38 bits per heavy atom. The third kappa shape index (κ3) is 4.51. The third-order valence-corrected chi connectivity index (χ3v) is 4.95. The topological polar surface area (TPSA) is 55.2 Å². The maximum Gasteiger partial charge on any atom is 0.275 e. The molecule has 1 aromatic carbocycles. The molecule has 1 aromatic rings. The first-order valence-electron chi connectivity index (χ1n) is 7.78. The van der Waals surface area contributed by atoms with E-state index in [1.54, 1.807) is 6.07 Å². The highest BCUT2D eigenvalue weighted by molar-refractivity contribution is 9.10. The van der Waals surface area contributed by atoms with Crippen LogP contribution in [0.3, 0.4) is 0 Å². The monoisotopic (exact) mass is 354 g/mol. The Morgan fingerprint density at radius 2 is 2.10 bits per heavy atom. The fourth-order valence-corrected chi connectivity index (χ4v) is 3.63. The summed E-state index contributed by atoms with van der Waals surface area (Å²) in [4.78, 5) is 10.8. The van der Waals surface area contributed by atoms with E-state index in [-0.39, 0.29) is 10.6 Å². The Bertz CT molecular complexity index is 487. The number of halogens is 1. The number of nitro benzene ring substituents is 1. The van der Waals surface area contributed by atoms with E-state index < -0.39 is 0 Å². The van der Waals surface area contributed by atoms with Gasteiger partial charge in [0.05, 0.1) is 4.92 Å². The van der Waals surface area contributed by atoms with Crippen molar-refractivity contribution < 1.29 is 4.92 Å². The Balaban J connectivity index is 2.02. The average Bonchev–Trinajstić information content (AvgIpc) is 2.50. The second-order valence-corrected chi connectivity index (χ2v) is 6.74. The van der Waals surface area contributed by atoms with Gasteiger partial charge in [0, 0.05) is 28.7 Å². The van der Waals surface area contributed by atoms with E-state index in [0.717, 1.165) is 22.4 Å². The minimum atomic E-state index is -0.302. The molecule has 0 radical (unpaired) electrons. The first-order valence-corrected chi connectivity index (χ1v) is 8.57. The van der Waals surface area contributed by atoms with E-state index in [1.165, 1.54) is 32.1 Å². The summed E-state index contributed by atoms with van der Waals surface area (Å²) in [5, 5.41) is 14.7. The number of nitro groups is 1. The largest absolute Gasteiger partial charge is 0.309 e. The van der Waals surface area contributed by atoms with Crippen LogP contribution in [0.2, 0.25) is 0 Å². The molecule has 1 aliphatic rings. The molecule has 1 fully saturated rings. The van der Waals surface area contributed by atoms with E-state index in [9.17, 15) is 10.1 Å². The molecule has 0 saturated heterocycles. The highest BCUT2D eigenvalue weighted by atomic mass is 79.9. The molecule has 1 unspecified atom stereocenters. The summed E-state index contributed by atoms with van der Waals surface area (Å²) in [7, 11) is 0. The highest BCUT2D eigenvalue weighted by Crippen LogP contribution is 2.29. The SMILES string of the molecule is CCC(NCc1ccc(Br)cc1[N+](=O)[O-])C1CCCCC1. The summed E-state index contributed by atoms with van der Waals surface area (Å²) < 4.78 is 0.747. The van der Waals surface area contributed by atoms with Crippen LogP contribution in [0.15, 0.2) is 22.7 Å². The fraction of sp³-hybridized carbons (Fsp3) is 0.625. The summed E-state index contributed by atoms with van der Waals surface area (Å²) in [5.74, 6) is 0.721. The smallest absolute Gasteiger partial charge is 0.275 e. The van der Waals surface area contributed by atoms with Gasteiger partial charge in [0.25, 0.3) is 5.69 Å². The van der Waals surface area contributed by atoms with Gasteiger partial charge < -0.3 is 5.32 Å². The molecule has 1 aliphatic carbocycles. The van der Waals surface area contributed by atoms with Crippen molar-refractivity contribution in [3.8, 4) is 0 Å². The number of nitrogens with zero attached hydrogens (tertiary/aromatic N) is 1. The van der Waals surface area contributed by atoms with E-state index in [2.05, 4.69) is 28.2 Å². The van der Waals surface area contributed by atoms with Crippen molar-refractivity contribution >= 4 is 21.6 Å². The minimum absolute atomic E-state index is 0.190. The number of hydrogen-bond acceptors (Lipinski definition) is 3. The molecule has 21 heavy (non-hydrogen) atoms. The van der Waals surface area contributed by atoms with Crippen LogP contribution >= 0.6 is 15.9 Å². The zero-order valence-electron chi connectivity index (χ0n) is 12.5. The van der Waals surface area contributed by atoms with Crippen molar-refractivity contribution in [2.45, 2.75) is 58.0 Å². The van der Waals surface area contributed by atoms with Crippen molar-refractivity contribution in [3.63, 3.8) is 0 Å². The number of benzene rings is 1. The molecule has 1 saturated carbocycles. The molecule has 5 heteroatoms. The van der Waals surface area contributed by atoms with Crippen LogP contribution in [-0.4, -0.2) is 11.0 Å². The van der Waals surface area contributed by atoms with Crippen LogP contribution in [0.4, 0.5) is 5.69 Å². The molecule has 0 aromatic heterocycles. The van der Waals surface area contributed by atoms with Gasteiger partial charge in [-0.2, -0.15) is 0 Å². The zero-order valence-corrected chi connectivity index (χ0v) is 14.1. The summed E-state index contributed by atoms with van der Waals surface area (Å²) in [6.07, 6.45) is 7.64. The van der Waals surface area contributed by atoms with Gasteiger partial charge >= 0.3 is 0 Å². The van der Waals surface area contributed by atoms with Crippen molar-refractivity contribution in [2.24, 2.45) is 5.92 Å².